The first-order valence-corrected chi connectivity index (χ1v) is 9.70. The number of fused-ring (bicyclic) bond motifs is 1. The predicted octanol–water partition coefficient (Wildman–Crippen LogP) is 2.85. The Bertz CT molecular complexity index is 777. The highest BCUT2D eigenvalue weighted by molar-refractivity contribution is 7.93. The molecule has 2 aromatic heterocycles. The van der Waals surface area contributed by atoms with E-state index in [1.54, 1.807) is 10.9 Å². The maximum Gasteiger partial charge on any atom is 0.266 e. The zero-order chi connectivity index (χ0) is 15.9. The summed E-state index contributed by atoms with van der Waals surface area (Å²) in [7, 11) is -3.62. The molecule has 1 unspecified atom stereocenters. The minimum absolute atomic E-state index is 0.123. The molecular weight excluding hydrogens is 320 g/mol. The molecule has 2 heterocycles. The van der Waals surface area contributed by atoms with E-state index in [0.29, 0.717) is 11.0 Å². The highest BCUT2D eigenvalue weighted by Gasteiger charge is 2.23. The van der Waals surface area contributed by atoms with Crippen LogP contribution in [0, 0.1) is 5.92 Å². The molecule has 1 aliphatic carbocycles. The molecule has 0 aromatic carbocycles. The molecule has 22 heavy (non-hydrogen) atoms. The highest BCUT2D eigenvalue weighted by atomic mass is 32.2. The van der Waals surface area contributed by atoms with Crippen LogP contribution in [0.25, 0.3) is 0 Å². The summed E-state index contributed by atoms with van der Waals surface area (Å²) in [5.41, 5.74) is 1.04. The van der Waals surface area contributed by atoms with Crippen molar-refractivity contribution in [2.45, 2.75) is 51.0 Å². The predicted molar refractivity (Wildman–Crippen MR) is 86.7 cm³/mol. The van der Waals surface area contributed by atoms with Gasteiger partial charge in [-0.2, -0.15) is 5.10 Å². The molecule has 0 saturated heterocycles. The van der Waals surface area contributed by atoms with Crippen molar-refractivity contribution in [3.05, 3.63) is 23.0 Å². The van der Waals surface area contributed by atoms with E-state index < -0.39 is 10.0 Å². The number of nitrogens with one attached hydrogen (secondary N) is 1. The molecule has 6 nitrogen and oxygen atoms in total. The number of aryl methyl sites for hydroxylation is 1. The van der Waals surface area contributed by atoms with E-state index >= 15 is 0 Å². The fourth-order valence-electron chi connectivity index (χ4n) is 2.50. The fraction of sp³-hybridized carbons (Fsp3) is 0.571. The molecule has 120 valence electrons. The second-order valence-electron chi connectivity index (χ2n) is 6.09. The third kappa shape index (κ3) is 3.03. The van der Waals surface area contributed by atoms with Gasteiger partial charge in [0, 0.05) is 17.1 Å². The Hall–Kier alpha value is -1.41. The van der Waals surface area contributed by atoms with E-state index in [-0.39, 0.29) is 10.9 Å². The second-order valence-corrected chi connectivity index (χ2v) is 8.86. The summed E-state index contributed by atoms with van der Waals surface area (Å²) in [5.74, 6) is 0.640. The molecule has 0 aliphatic heterocycles. The quantitative estimate of drug-likeness (QED) is 0.928. The molecule has 0 spiro atoms. The third-order valence-corrected chi connectivity index (χ3v) is 6.28. The molecule has 8 heteroatoms. The number of aromatic nitrogens is 3. The number of hydrogen-bond acceptors (Lipinski definition) is 5. The molecular formula is C14H20N4O2S2. The molecule has 0 fully saturated rings. The van der Waals surface area contributed by atoms with Crippen LogP contribution in [-0.4, -0.2) is 23.2 Å². The van der Waals surface area contributed by atoms with E-state index in [9.17, 15) is 8.42 Å². The largest absolute Gasteiger partial charge is 0.269 e. The van der Waals surface area contributed by atoms with Gasteiger partial charge in [-0.15, -0.1) is 11.3 Å². The van der Waals surface area contributed by atoms with Gasteiger partial charge in [0.05, 0.1) is 11.9 Å². The molecule has 3 rings (SSSR count). The van der Waals surface area contributed by atoms with Gasteiger partial charge in [0.25, 0.3) is 10.0 Å². The lowest BCUT2D eigenvalue weighted by molar-refractivity contribution is 0.502. The number of hydrogen-bond donors (Lipinski definition) is 1. The van der Waals surface area contributed by atoms with Crippen LogP contribution in [0.1, 0.15) is 43.8 Å². The normalized spacial score (nSPS) is 18.5. The van der Waals surface area contributed by atoms with E-state index in [1.807, 2.05) is 13.8 Å². The lowest BCUT2D eigenvalue weighted by Crippen LogP contribution is -2.12. The lowest BCUT2D eigenvalue weighted by atomic mass is 9.93. The van der Waals surface area contributed by atoms with Crippen molar-refractivity contribution >= 4 is 26.5 Å². The molecule has 1 aliphatic rings. The Morgan fingerprint density at radius 3 is 2.91 bits per heavy atom. The van der Waals surface area contributed by atoms with E-state index in [1.165, 1.54) is 22.4 Å². The lowest BCUT2D eigenvalue weighted by Gasteiger charge is -2.15. The Balaban J connectivity index is 1.82. The first-order valence-electron chi connectivity index (χ1n) is 7.40. The average molecular weight is 340 g/mol. The standard InChI is InChI=1S/C14H20N4O2S2/c1-9(2)18-8-11(7-15-18)22(19,20)17-14-16-12-5-4-10(3)6-13(12)21-14/h7-10H,4-6H2,1-3H3,(H,16,17). The van der Waals surface area contributed by atoms with Crippen molar-refractivity contribution in [2.75, 3.05) is 4.72 Å². The zero-order valence-corrected chi connectivity index (χ0v) is 14.5. The van der Waals surface area contributed by atoms with Gasteiger partial charge in [-0.05, 0) is 39.0 Å². The number of anilines is 1. The summed E-state index contributed by atoms with van der Waals surface area (Å²) in [6.07, 6.45) is 5.95. The SMILES string of the molecule is CC1CCc2nc(NS(=O)(=O)c3cnn(C(C)C)c3)sc2C1. The van der Waals surface area contributed by atoms with Crippen LogP contribution in [0.3, 0.4) is 0 Å². The molecule has 0 saturated carbocycles. The molecule has 1 N–H and O–H groups in total. The fourth-order valence-corrected chi connectivity index (χ4v) is 4.84. The van der Waals surface area contributed by atoms with E-state index in [2.05, 4.69) is 21.7 Å². The first-order chi connectivity index (χ1) is 10.3. The summed E-state index contributed by atoms with van der Waals surface area (Å²) in [6, 6.07) is 0.123. The van der Waals surface area contributed by atoms with Crippen molar-refractivity contribution in [2.24, 2.45) is 5.92 Å². The summed E-state index contributed by atoms with van der Waals surface area (Å²) < 4.78 is 29.0. The smallest absolute Gasteiger partial charge is 0.266 e. The third-order valence-electron chi connectivity index (χ3n) is 3.82. The number of rotatable bonds is 4. The van der Waals surface area contributed by atoms with Crippen LogP contribution >= 0.6 is 11.3 Å². The Morgan fingerprint density at radius 2 is 2.23 bits per heavy atom. The molecule has 2 aromatic rings. The van der Waals surface area contributed by atoms with Gasteiger partial charge in [0.15, 0.2) is 5.13 Å². The van der Waals surface area contributed by atoms with Crippen molar-refractivity contribution in [1.29, 1.82) is 0 Å². The van der Waals surface area contributed by atoms with Gasteiger partial charge in [0.1, 0.15) is 4.90 Å². The van der Waals surface area contributed by atoms with Gasteiger partial charge in [-0.25, -0.2) is 13.4 Å². The highest BCUT2D eigenvalue weighted by Crippen LogP contribution is 2.33. The summed E-state index contributed by atoms with van der Waals surface area (Å²) >= 11 is 1.45. The molecule has 1 atom stereocenters. The van der Waals surface area contributed by atoms with Gasteiger partial charge < -0.3 is 0 Å². The molecule has 0 amide bonds. The van der Waals surface area contributed by atoms with E-state index in [0.717, 1.165) is 25.0 Å². The summed E-state index contributed by atoms with van der Waals surface area (Å²) in [4.78, 5) is 5.81. The van der Waals surface area contributed by atoms with Gasteiger partial charge in [-0.1, -0.05) is 6.92 Å². The zero-order valence-electron chi connectivity index (χ0n) is 12.9. The minimum Gasteiger partial charge on any atom is -0.269 e. The van der Waals surface area contributed by atoms with Gasteiger partial charge >= 0.3 is 0 Å². The maximum atomic E-state index is 12.4. The van der Waals surface area contributed by atoms with Crippen molar-refractivity contribution in [3.8, 4) is 0 Å². The summed E-state index contributed by atoms with van der Waals surface area (Å²) in [6.45, 7) is 6.12. The van der Waals surface area contributed by atoms with Crippen molar-refractivity contribution in [3.63, 3.8) is 0 Å². The van der Waals surface area contributed by atoms with Crippen LogP contribution in [0.2, 0.25) is 0 Å². The summed E-state index contributed by atoms with van der Waals surface area (Å²) in [5, 5.41) is 4.53. The van der Waals surface area contributed by atoms with Crippen LogP contribution in [0.15, 0.2) is 17.3 Å². The minimum atomic E-state index is -3.62. The topological polar surface area (TPSA) is 76.9 Å². The Kier molecular flexibility index (Phi) is 3.98. The van der Waals surface area contributed by atoms with Crippen LogP contribution < -0.4 is 4.72 Å². The van der Waals surface area contributed by atoms with Crippen molar-refractivity contribution in [1.82, 2.24) is 14.8 Å². The second kappa shape index (κ2) is 5.66. The van der Waals surface area contributed by atoms with Gasteiger partial charge in [-0.3, -0.25) is 9.40 Å². The number of sulfonamides is 1. The molecule has 0 radical (unpaired) electrons. The maximum absolute atomic E-state index is 12.4. The van der Waals surface area contributed by atoms with Crippen LogP contribution in [-0.2, 0) is 22.9 Å². The first kappa shape index (κ1) is 15.5. The van der Waals surface area contributed by atoms with Gasteiger partial charge in [0.2, 0.25) is 0 Å². The monoisotopic (exact) mass is 340 g/mol. The van der Waals surface area contributed by atoms with Crippen molar-refractivity contribution < 1.29 is 8.42 Å². The van der Waals surface area contributed by atoms with E-state index in [4.69, 9.17) is 0 Å². The molecule has 0 bridgehead atoms. The Labute approximate surface area is 134 Å². The number of nitrogens with zero attached hydrogens (tertiary/aromatic N) is 3. The van der Waals surface area contributed by atoms with Crippen LogP contribution in [0.5, 0.6) is 0 Å². The average Bonchev–Trinajstić information content (AvgIpc) is 3.03. The Morgan fingerprint density at radius 1 is 1.45 bits per heavy atom. The number of thiazole rings is 1. The van der Waals surface area contributed by atoms with Crippen LogP contribution in [0.4, 0.5) is 5.13 Å².